The molecular weight excluding hydrogens is 320 g/mol. The zero-order valence-corrected chi connectivity index (χ0v) is 13.6. The summed E-state index contributed by atoms with van der Waals surface area (Å²) in [4.78, 5) is 22.3. The summed E-state index contributed by atoms with van der Waals surface area (Å²) in [6.07, 6.45) is 0. The van der Waals surface area contributed by atoms with Crippen molar-refractivity contribution in [2.45, 2.75) is 19.3 Å². The molecule has 0 aliphatic carbocycles. The fourth-order valence-corrected chi connectivity index (χ4v) is 2.59. The van der Waals surface area contributed by atoms with Gasteiger partial charge in [0.1, 0.15) is 12.1 Å². The fourth-order valence-electron chi connectivity index (χ4n) is 2.59. The zero-order chi connectivity index (χ0) is 18.8. The molecule has 0 aliphatic rings. The molecule has 0 atom stereocenters. The molecule has 124 valence electrons. The first-order valence-electron chi connectivity index (χ1n) is 7.28. The van der Waals surface area contributed by atoms with Crippen molar-refractivity contribution in [2.24, 2.45) is 0 Å². The Labute approximate surface area is 144 Å². The molecule has 2 N–H and O–H groups in total. The van der Waals surface area contributed by atoms with Crippen molar-refractivity contribution in [3.8, 4) is 12.1 Å². The predicted octanol–water partition coefficient (Wildman–Crippen LogP) is 3.15. The summed E-state index contributed by atoms with van der Waals surface area (Å²) >= 11 is 0. The van der Waals surface area contributed by atoms with Crippen LogP contribution in [0.4, 0.5) is 0 Å². The van der Waals surface area contributed by atoms with Crippen LogP contribution < -0.4 is 0 Å². The van der Waals surface area contributed by atoms with Crippen LogP contribution >= 0.6 is 0 Å². The van der Waals surface area contributed by atoms with Gasteiger partial charge in [0.2, 0.25) is 0 Å². The minimum absolute atomic E-state index is 0.0423. The molecular formula is C19H14N2O4. The predicted molar refractivity (Wildman–Crippen MR) is 88.4 cm³/mol. The first-order chi connectivity index (χ1) is 11.7. The Morgan fingerprint density at radius 2 is 1.20 bits per heavy atom. The van der Waals surface area contributed by atoms with Gasteiger partial charge in [-0.25, -0.2) is 9.59 Å². The molecule has 0 saturated heterocycles. The van der Waals surface area contributed by atoms with E-state index in [-0.39, 0.29) is 22.3 Å². The third-order valence-electron chi connectivity index (χ3n) is 4.18. The van der Waals surface area contributed by atoms with Crippen LogP contribution in [0.15, 0.2) is 36.4 Å². The summed E-state index contributed by atoms with van der Waals surface area (Å²) in [5, 5.41) is 36.6. The van der Waals surface area contributed by atoms with Crippen LogP contribution in [-0.4, -0.2) is 22.2 Å². The molecule has 2 aromatic carbocycles. The number of benzene rings is 2. The summed E-state index contributed by atoms with van der Waals surface area (Å²) < 4.78 is 0. The largest absolute Gasteiger partial charge is 0.478 e. The first-order valence-corrected chi connectivity index (χ1v) is 7.28. The molecule has 0 fully saturated rings. The molecule has 0 spiro atoms. The number of carbonyl (C=O) groups is 2. The van der Waals surface area contributed by atoms with Crippen LogP contribution in [0.1, 0.15) is 56.8 Å². The van der Waals surface area contributed by atoms with Crippen LogP contribution in [0.5, 0.6) is 0 Å². The lowest BCUT2D eigenvalue weighted by Gasteiger charge is -2.27. The highest BCUT2D eigenvalue weighted by atomic mass is 16.4. The van der Waals surface area contributed by atoms with E-state index in [2.05, 4.69) is 0 Å². The van der Waals surface area contributed by atoms with Gasteiger partial charge in [0.15, 0.2) is 0 Å². The number of hydrogen-bond donors (Lipinski definition) is 2. The molecule has 0 bridgehead atoms. The molecule has 6 nitrogen and oxygen atoms in total. The lowest BCUT2D eigenvalue weighted by Crippen LogP contribution is -2.20. The lowest BCUT2D eigenvalue weighted by molar-refractivity contribution is 0.0685. The van der Waals surface area contributed by atoms with Crippen molar-refractivity contribution in [1.29, 1.82) is 10.5 Å². The van der Waals surface area contributed by atoms with Gasteiger partial charge in [-0.1, -0.05) is 26.0 Å². The first kappa shape index (κ1) is 17.7. The van der Waals surface area contributed by atoms with Crippen molar-refractivity contribution in [3.05, 3.63) is 69.8 Å². The number of aromatic carboxylic acids is 2. The van der Waals surface area contributed by atoms with Gasteiger partial charge in [0.05, 0.1) is 22.3 Å². The molecule has 0 unspecified atom stereocenters. The van der Waals surface area contributed by atoms with Gasteiger partial charge in [-0.3, -0.25) is 0 Å². The molecule has 2 aromatic rings. The van der Waals surface area contributed by atoms with Gasteiger partial charge in [-0.2, -0.15) is 10.5 Å². The van der Waals surface area contributed by atoms with Gasteiger partial charge < -0.3 is 10.2 Å². The number of carboxylic acids is 2. The number of carboxylic acid groups (broad SMARTS) is 2. The Bertz CT molecular complexity index is 885. The van der Waals surface area contributed by atoms with E-state index >= 15 is 0 Å². The molecule has 0 radical (unpaired) electrons. The smallest absolute Gasteiger partial charge is 0.337 e. The van der Waals surface area contributed by atoms with E-state index < -0.39 is 17.4 Å². The fraction of sp³-hybridized carbons (Fsp3) is 0.158. The highest BCUT2D eigenvalue weighted by Crippen LogP contribution is 2.33. The van der Waals surface area contributed by atoms with E-state index in [0.717, 1.165) is 0 Å². The number of rotatable bonds is 4. The third-order valence-corrected chi connectivity index (χ3v) is 4.18. The monoisotopic (exact) mass is 334 g/mol. The molecule has 0 aromatic heterocycles. The summed E-state index contributed by atoms with van der Waals surface area (Å²) in [6, 6.07) is 12.7. The van der Waals surface area contributed by atoms with E-state index in [4.69, 9.17) is 10.2 Å². The van der Waals surface area contributed by atoms with E-state index in [1.165, 1.54) is 24.3 Å². The van der Waals surface area contributed by atoms with E-state index in [1.807, 2.05) is 26.0 Å². The maximum Gasteiger partial charge on any atom is 0.337 e. The van der Waals surface area contributed by atoms with Gasteiger partial charge in [-0.15, -0.1) is 0 Å². The summed E-state index contributed by atoms with van der Waals surface area (Å²) in [6.45, 7) is 3.70. The van der Waals surface area contributed by atoms with Crippen LogP contribution in [-0.2, 0) is 5.41 Å². The standard InChI is InChI=1S/C19H14N2O4/c1-19(2,13-3-5-15(17(22)23)11(7-13)9-20)14-4-6-16(18(24)25)12(8-14)10-21/h3-8H,1-2H3,(H,22,23)(H,24,25). The van der Waals surface area contributed by atoms with E-state index in [1.54, 1.807) is 12.1 Å². The van der Waals surface area contributed by atoms with Crippen LogP contribution in [0.3, 0.4) is 0 Å². The van der Waals surface area contributed by atoms with Crippen molar-refractivity contribution in [1.82, 2.24) is 0 Å². The molecule has 2 rings (SSSR count). The SMILES string of the molecule is CC(C)(c1ccc(C(=O)O)c(C#N)c1)c1ccc(C(=O)O)c(C#N)c1. The van der Waals surface area contributed by atoms with Gasteiger partial charge in [0, 0.05) is 5.41 Å². The number of hydrogen-bond acceptors (Lipinski definition) is 4. The third kappa shape index (κ3) is 3.19. The lowest BCUT2D eigenvalue weighted by atomic mass is 9.76. The van der Waals surface area contributed by atoms with Gasteiger partial charge in [0.25, 0.3) is 0 Å². The summed E-state index contributed by atoms with van der Waals surface area (Å²) in [5.41, 5.74) is 0.621. The zero-order valence-electron chi connectivity index (χ0n) is 13.6. The second-order valence-electron chi connectivity index (χ2n) is 5.98. The van der Waals surface area contributed by atoms with Crippen LogP contribution in [0.25, 0.3) is 0 Å². The summed E-state index contributed by atoms with van der Waals surface area (Å²) in [5.74, 6) is -2.36. The van der Waals surface area contributed by atoms with Gasteiger partial charge >= 0.3 is 11.9 Å². The molecule has 0 amide bonds. The average Bonchev–Trinajstić information content (AvgIpc) is 2.60. The maximum atomic E-state index is 11.2. The number of nitriles is 2. The van der Waals surface area contributed by atoms with Crippen molar-refractivity contribution < 1.29 is 19.8 Å². The minimum atomic E-state index is -1.18. The highest BCUT2D eigenvalue weighted by molar-refractivity contribution is 5.91. The van der Waals surface area contributed by atoms with E-state index in [9.17, 15) is 20.1 Å². The van der Waals surface area contributed by atoms with Crippen LogP contribution in [0, 0.1) is 22.7 Å². The molecule has 6 heteroatoms. The second kappa shape index (κ2) is 6.46. The summed E-state index contributed by atoms with van der Waals surface area (Å²) in [7, 11) is 0. The maximum absolute atomic E-state index is 11.2. The Kier molecular flexibility index (Phi) is 4.58. The Morgan fingerprint density at radius 3 is 1.48 bits per heavy atom. The Morgan fingerprint density at radius 1 is 0.840 bits per heavy atom. The van der Waals surface area contributed by atoms with E-state index in [0.29, 0.717) is 11.1 Å². The second-order valence-corrected chi connectivity index (χ2v) is 5.98. The normalized spacial score (nSPS) is 10.6. The van der Waals surface area contributed by atoms with Crippen molar-refractivity contribution in [2.75, 3.05) is 0 Å². The Hall–Kier alpha value is -3.64. The Balaban J connectivity index is 2.60. The van der Waals surface area contributed by atoms with Gasteiger partial charge in [-0.05, 0) is 35.4 Å². The minimum Gasteiger partial charge on any atom is -0.478 e. The van der Waals surface area contributed by atoms with Crippen LogP contribution in [0.2, 0.25) is 0 Å². The molecule has 0 heterocycles. The van der Waals surface area contributed by atoms with Crippen molar-refractivity contribution in [3.63, 3.8) is 0 Å². The topological polar surface area (TPSA) is 122 Å². The highest BCUT2D eigenvalue weighted by Gasteiger charge is 2.26. The molecule has 0 saturated carbocycles. The molecule has 0 aliphatic heterocycles. The average molecular weight is 334 g/mol. The van der Waals surface area contributed by atoms with Crippen molar-refractivity contribution >= 4 is 11.9 Å². The molecule has 25 heavy (non-hydrogen) atoms. The number of nitrogens with zero attached hydrogens (tertiary/aromatic N) is 2. The quantitative estimate of drug-likeness (QED) is 0.885.